The minimum absolute atomic E-state index is 0.167. The third kappa shape index (κ3) is 12.1. The lowest BCUT2D eigenvalue weighted by atomic mass is 10.1. The van der Waals surface area contributed by atoms with Crippen LogP contribution in [0, 0.1) is 0 Å². The predicted octanol–water partition coefficient (Wildman–Crippen LogP) is 2.22. The van der Waals surface area contributed by atoms with E-state index in [-0.39, 0.29) is 11.7 Å². The first kappa shape index (κ1) is 20.8. The van der Waals surface area contributed by atoms with Gasteiger partial charge in [-0.3, -0.25) is 5.32 Å². The van der Waals surface area contributed by atoms with Gasteiger partial charge in [0, 0.05) is 24.2 Å². The second-order valence-corrected chi connectivity index (χ2v) is 7.34. The van der Waals surface area contributed by atoms with Crippen LogP contribution in [0.5, 0.6) is 0 Å². The lowest BCUT2D eigenvalue weighted by Gasteiger charge is -2.34. The fourth-order valence-corrected chi connectivity index (χ4v) is 1.96. The molecule has 1 atom stereocenters. The molecule has 0 aromatic heterocycles. The summed E-state index contributed by atoms with van der Waals surface area (Å²) >= 11 is 0. The van der Waals surface area contributed by atoms with Crippen molar-refractivity contribution in [3.8, 4) is 0 Å². The zero-order valence-corrected chi connectivity index (χ0v) is 15.5. The molecule has 0 saturated heterocycles. The Balaban J connectivity index is 4.43. The van der Waals surface area contributed by atoms with Crippen LogP contribution in [0.2, 0.25) is 0 Å². The van der Waals surface area contributed by atoms with E-state index in [1.54, 1.807) is 0 Å². The van der Waals surface area contributed by atoms with Crippen molar-refractivity contribution in [3.05, 3.63) is 0 Å². The Morgan fingerprint density at radius 2 is 1.62 bits per heavy atom. The van der Waals surface area contributed by atoms with E-state index in [0.717, 1.165) is 25.9 Å². The fourth-order valence-electron chi connectivity index (χ4n) is 1.96. The SMILES string of the molecule is CCCNN(NC(CCNC(C)(C)C)NC(C)C)C(C)C. The smallest absolute Gasteiger partial charge is 0.0734 e. The highest BCUT2D eigenvalue weighted by Gasteiger charge is 2.17. The Bertz CT molecular complexity index is 248. The zero-order chi connectivity index (χ0) is 16.5. The van der Waals surface area contributed by atoms with Crippen molar-refractivity contribution >= 4 is 0 Å². The van der Waals surface area contributed by atoms with Crippen LogP contribution < -0.4 is 21.5 Å². The van der Waals surface area contributed by atoms with Gasteiger partial charge >= 0.3 is 0 Å². The summed E-state index contributed by atoms with van der Waals surface area (Å²) in [7, 11) is 0. The van der Waals surface area contributed by atoms with Crippen molar-refractivity contribution in [1.82, 2.24) is 26.6 Å². The van der Waals surface area contributed by atoms with E-state index >= 15 is 0 Å². The fraction of sp³-hybridized carbons (Fsp3) is 1.00. The molecule has 0 aromatic carbocycles. The summed E-state index contributed by atoms with van der Waals surface area (Å²) in [6.07, 6.45) is 2.41. The second kappa shape index (κ2) is 10.5. The van der Waals surface area contributed by atoms with E-state index in [1.807, 2.05) is 0 Å². The average molecular weight is 302 g/mol. The average Bonchev–Trinajstić information content (AvgIpc) is 2.31. The van der Waals surface area contributed by atoms with E-state index in [2.05, 4.69) is 82.0 Å². The monoisotopic (exact) mass is 301 g/mol. The van der Waals surface area contributed by atoms with Gasteiger partial charge in [0.15, 0.2) is 0 Å². The van der Waals surface area contributed by atoms with Crippen molar-refractivity contribution < 1.29 is 0 Å². The highest BCUT2D eigenvalue weighted by molar-refractivity contribution is 4.74. The summed E-state index contributed by atoms with van der Waals surface area (Å²) in [4.78, 5) is 0. The molecule has 0 aliphatic rings. The molecule has 5 nitrogen and oxygen atoms in total. The molecule has 0 fully saturated rings. The van der Waals surface area contributed by atoms with Gasteiger partial charge in [-0.1, -0.05) is 6.92 Å². The number of hydrogen-bond acceptors (Lipinski definition) is 5. The van der Waals surface area contributed by atoms with Gasteiger partial charge in [0.05, 0.1) is 6.17 Å². The topological polar surface area (TPSA) is 51.4 Å². The van der Waals surface area contributed by atoms with E-state index in [4.69, 9.17) is 0 Å². The lowest BCUT2D eigenvalue weighted by Crippen LogP contribution is -2.60. The first-order valence-electron chi connectivity index (χ1n) is 8.45. The Kier molecular flexibility index (Phi) is 10.4. The van der Waals surface area contributed by atoms with E-state index < -0.39 is 0 Å². The van der Waals surface area contributed by atoms with Gasteiger partial charge in [-0.2, -0.15) is 5.12 Å². The highest BCUT2D eigenvalue weighted by Crippen LogP contribution is 2.00. The number of hydrazine groups is 2. The molecule has 0 rings (SSSR count). The standard InChI is InChI=1S/C16H39N5/c1-9-11-18-21(14(4)5)20-15(19-13(2)3)10-12-17-16(6,7)8/h13-15,17-20H,9-12H2,1-8H3. The van der Waals surface area contributed by atoms with Crippen LogP contribution in [0.1, 0.15) is 68.2 Å². The van der Waals surface area contributed by atoms with E-state index in [1.165, 1.54) is 0 Å². The molecule has 0 aromatic rings. The van der Waals surface area contributed by atoms with Gasteiger partial charge in [-0.15, -0.1) is 0 Å². The minimum Gasteiger partial charge on any atom is -0.312 e. The maximum Gasteiger partial charge on any atom is 0.0734 e. The molecule has 0 saturated carbocycles. The van der Waals surface area contributed by atoms with Crippen LogP contribution in [-0.2, 0) is 0 Å². The molecular formula is C16H39N5. The number of nitrogens with one attached hydrogen (secondary N) is 4. The summed E-state index contributed by atoms with van der Waals surface area (Å²) in [6, 6.07) is 0.862. The van der Waals surface area contributed by atoms with E-state index in [0.29, 0.717) is 12.1 Å². The van der Waals surface area contributed by atoms with Crippen LogP contribution in [0.3, 0.4) is 0 Å². The van der Waals surface area contributed by atoms with Crippen molar-refractivity contribution in [3.63, 3.8) is 0 Å². The first-order chi connectivity index (χ1) is 9.65. The predicted molar refractivity (Wildman–Crippen MR) is 92.8 cm³/mol. The molecule has 5 heteroatoms. The molecule has 128 valence electrons. The first-order valence-corrected chi connectivity index (χ1v) is 8.45. The van der Waals surface area contributed by atoms with Crippen LogP contribution in [0.25, 0.3) is 0 Å². The van der Waals surface area contributed by atoms with Gasteiger partial charge in [-0.25, -0.2) is 10.9 Å². The number of rotatable bonds is 11. The second-order valence-electron chi connectivity index (χ2n) is 7.34. The molecule has 21 heavy (non-hydrogen) atoms. The highest BCUT2D eigenvalue weighted by atomic mass is 15.7. The summed E-state index contributed by atoms with van der Waals surface area (Å²) in [5.41, 5.74) is 7.19. The lowest BCUT2D eigenvalue weighted by molar-refractivity contribution is 0.0421. The molecule has 4 N–H and O–H groups in total. The quantitative estimate of drug-likeness (QED) is 0.348. The van der Waals surface area contributed by atoms with Gasteiger partial charge in [0.2, 0.25) is 0 Å². The van der Waals surface area contributed by atoms with E-state index in [9.17, 15) is 0 Å². The molecule has 0 aliphatic carbocycles. The molecule has 0 amide bonds. The minimum atomic E-state index is 0.167. The maximum atomic E-state index is 3.60. The molecule has 0 radical (unpaired) electrons. The van der Waals surface area contributed by atoms with Gasteiger partial charge in [-0.05, 0) is 67.9 Å². The van der Waals surface area contributed by atoms with Crippen LogP contribution >= 0.6 is 0 Å². The van der Waals surface area contributed by atoms with Gasteiger partial charge < -0.3 is 5.32 Å². The summed E-state index contributed by atoms with van der Waals surface area (Å²) in [6.45, 7) is 19.5. The molecule has 1 unspecified atom stereocenters. The zero-order valence-electron chi connectivity index (χ0n) is 15.5. The van der Waals surface area contributed by atoms with Gasteiger partial charge in [0.1, 0.15) is 0 Å². The summed E-state index contributed by atoms with van der Waals surface area (Å²) in [5.74, 6) is 0. The van der Waals surface area contributed by atoms with Crippen molar-refractivity contribution in [2.45, 2.75) is 92.0 Å². The molecule has 0 spiro atoms. The molecule has 0 heterocycles. The Hall–Kier alpha value is -0.200. The van der Waals surface area contributed by atoms with Crippen LogP contribution in [-0.4, -0.2) is 42.0 Å². The molecule has 0 aliphatic heterocycles. The van der Waals surface area contributed by atoms with Crippen molar-refractivity contribution in [1.29, 1.82) is 0 Å². The summed E-state index contributed by atoms with van der Waals surface area (Å²) in [5, 5.41) is 9.27. The van der Waals surface area contributed by atoms with Gasteiger partial charge in [0.25, 0.3) is 0 Å². The third-order valence-electron chi connectivity index (χ3n) is 2.97. The number of nitrogens with zero attached hydrogens (tertiary/aromatic N) is 1. The summed E-state index contributed by atoms with van der Waals surface area (Å²) < 4.78 is 0. The Labute approximate surface area is 132 Å². The third-order valence-corrected chi connectivity index (χ3v) is 2.97. The normalized spacial score (nSPS) is 14.4. The van der Waals surface area contributed by atoms with Crippen molar-refractivity contribution in [2.24, 2.45) is 0 Å². The molecular weight excluding hydrogens is 262 g/mol. The Morgan fingerprint density at radius 1 is 1.00 bits per heavy atom. The maximum absolute atomic E-state index is 3.60. The van der Waals surface area contributed by atoms with Crippen LogP contribution in [0.4, 0.5) is 0 Å². The molecule has 0 bridgehead atoms. The van der Waals surface area contributed by atoms with Crippen LogP contribution in [0.15, 0.2) is 0 Å². The largest absolute Gasteiger partial charge is 0.312 e. The van der Waals surface area contributed by atoms with Crippen molar-refractivity contribution in [2.75, 3.05) is 13.1 Å². The Morgan fingerprint density at radius 3 is 2.05 bits per heavy atom. The number of hydrogen-bond donors (Lipinski definition) is 4.